The molecule has 0 fully saturated rings. The molecule has 0 saturated heterocycles. The van der Waals surface area contributed by atoms with E-state index in [4.69, 9.17) is 11.6 Å². The third-order valence-corrected chi connectivity index (χ3v) is 3.35. The highest BCUT2D eigenvalue weighted by Crippen LogP contribution is 2.14. The Balaban J connectivity index is 1.71. The average molecular weight is 260 g/mol. The molecule has 1 nitrogen and oxygen atoms in total. The van der Waals surface area contributed by atoms with Crippen LogP contribution in [0.25, 0.3) is 0 Å². The molecule has 1 aromatic heterocycles. The van der Waals surface area contributed by atoms with E-state index in [2.05, 4.69) is 35.3 Å². The van der Waals surface area contributed by atoms with E-state index in [1.54, 1.807) is 0 Å². The summed E-state index contributed by atoms with van der Waals surface area (Å²) in [6, 6.07) is 16.5. The number of pyridine rings is 1. The summed E-state index contributed by atoms with van der Waals surface area (Å²) in [4.78, 5) is 4.30. The van der Waals surface area contributed by atoms with Gasteiger partial charge in [0.25, 0.3) is 0 Å². The van der Waals surface area contributed by atoms with Gasteiger partial charge in [-0.25, -0.2) is 0 Å². The average Bonchev–Trinajstić information content (AvgIpc) is 2.41. The molecule has 0 bridgehead atoms. The molecule has 0 radical (unpaired) electrons. The van der Waals surface area contributed by atoms with Gasteiger partial charge in [-0.1, -0.05) is 36.4 Å². The summed E-state index contributed by atoms with van der Waals surface area (Å²) < 4.78 is 0. The Kier molecular flexibility index (Phi) is 5.22. The maximum absolute atomic E-state index is 6.34. The first-order valence-electron chi connectivity index (χ1n) is 6.42. The largest absolute Gasteiger partial charge is 0.261 e. The van der Waals surface area contributed by atoms with Gasteiger partial charge in [-0.15, -0.1) is 11.6 Å². The molecule has 2 aromatic rings. The second-order valence-electron chi connectivity index (χ2n) is 4.50. The summed E-state index contributed by atoms with van der Waals surface area (Å²) in [7, 11) is 0. The molecule has 0 N–H and O–H groups in total. The number of aromatic nitrogens is 1. The molecule has 1 atom stereocenters. The predicted molar refractivity (Wildman–Crippen MR) is 77.0 cm³/mol. The predicted octanol–water partition coefficient (Wildman–Crippen LogP) is 4.25. The van der Waals surface area contributed by atoms with Gasteiger partial charge >= 0.3 is 0 Å². The summed E-state index contributed by atoms with van der Waals surface area (Å²) in [6.45, 7) is 0. The number of alkyl halides is 1. The fraction of sp³-hybridized carbons (Fsp3) is 0.312. The fourth-order valence-corrected chi connectivity index (χ4v) is 2.33. The van der Waals surface area contributed by atoms with Crippen molar-refractivity contribution in [1.29, 1.82) is 0 Å². The summed E-state index contributed by atoms with van der Waals surface area (Å²) in [6.07, 6.45) is 5.95. The molecule has 0 saturated carbocycles. The highest BCUT2D eigenvalue weighted by atomic mass is 35.5. The Hall–Kier alpha value is -1.34. The van der Waals surface area contributed by atoms with Gasteiger partial charge in [0.15, 0.2) is 0 Å². The topological polar surface area (TPSA) is 12.9 Å². The molecular formula is C16H18ClN. The van der Waals surface area contributed by atoms with Crippen molar-refractivity contribution >= 4 is 11.6 Å². The highest BCUT2D eigenvalue weighted by molar-refractivity contribution is 6.20. The van der Waals surface area contributed by atoms with Gasteiger partial charge in [-0.05, 0) is 37.0 Å². The molecule has 0 aliphatic rings. The van der Waals surface area contributed by atoms with Crippen LogP contribution >= 0.6 is 11.6 Å². The normalized spacial score (nSPS) is 12.3. The number of hydrogen-bond donors (Lipinski definition) is 0. The Morgan fingerprint density at radius 2 is 1.78 bits per heavy atom. The maximum Gasteiger partial charge on any atom is 0.0418 e. The minimum absolute atomic E-state index is 0.184. The second kappa shape index (κ2) is 7.17. The molecule has 0 amide bonds. The van der Waals surface area contributed by atoms with Gasteiger partial charge in [-0.2, -0.15) is 0 Å². The second-order valence-corrected chi connectivity index (χ2v) is 5.12. The van der Waals surface area contributed by atoms with Crippen LogP contribution in [0.4, 0.5) is 0 Å². The van der Waals surface area contributed by atoms with Crippen LogP contribution in [0.15, 0.2) is 54.7 Å². The van der Waals surface area contributed by atoms with Crippen molar-refractivity contribution in [2.45, 2.75) is 31.1 Å². The van der Waals surface area contributed by atoms with Gasteiger partial charge in [0.1, 0.15) is 0 Å². The van der Waals surface area contributed by atoms with Crippen LogP contribution in [0.3, 0.4) is 0 Å². The van der Waals surface area contributed by atoms with Crippen LogP contribution in [-0.4, -0.2) is 10.4 Å². The molecule has 18 heavy (non-hydrogen) atoms. The Morgan fingerprint density at radius 3 is 2.50 bits per heavy atom. The third kappa shape index (κ3) is 4.50. The lowest BCUT2D eigenvalue weighted by atomic mass is 10.1. The van der Waals surface area contributed by atoms with Crippen molar-refractivity contribution < 1.29 is 0 Å². The fourth-order valence-electron chi connectivity index (χ4n) is 2.02. The molecule has 1 unspecified atom stereocenters. The number of halogens is 1. The van der Waals surface area contributed by atoms with Gasteiger partial charge in [0, 0.05) is 23.7 Å². The van der Waals surface area contributed by atoms with Crippen LogP contribution in [0.1, 0.15) is 24.1 Å². The van der Waals surface area contributed by atoms with Crippen LogP contribution < -0.4 is 0 Å². The van der Waals surface area contributed by atoms with Crippen LogP contribution in [0.2, 0.25) is 0 Å². The van der Waals surface area contributed by atoms with Crippen molar-refractivity contribution in [2.24, 2.45) is 0 Å². The van der Waals surface area contributed by atoms with E-state index in [1.807, 2.05) is 24.4 Å². The first kappa shape index (κ1) is 13.1. The smallest absolute Gasteiger partial charge is 0.0418 e. The van der Waals surface area contributed by atoms with Gasteiger partial charge < -0.3 is 0 Å². The van der Waals surface area contributed by atoms with E-state index in [1.165, 1.54) is 5.56 Å². The molecular weight excluding hydrogens is 242 g/mol. The monoisotopic (exact) mass is 259 g/mol. The van der Waals surface area contributed by atoms with Gasteiger partial charge in [-0.3, -0.25) is 4.98 Å². The molecule has 0 spiro atoms. The molecule has 2 heteroatoms. The lowest BCUT2D eigenvalue weighted by Gasteiger charge is -2.08. The first-order chi connectivity index (χ1) is 8.84. The van der Waals surface area contributed by atoms with E-state index >= 15 is 0 Å². The minimum Gasteiger partial charge on any atom is -0.261 e. The SMILES string of the molecule is ClC(CCCc1ccccc1)Cc1ccccn1. The summed E-state index contributed by atoms with van der Waals surface area (Å²) in [5.74, 6) is 0. The van der Waals surface area contributed by atoms with Crippen molar-refractivity contribution in [1.82, 2.24) is 4.98 Å². The minimum atomic E-state index is 0.184. The molecule has 0 aliphatic heterocycles. The third-order valence-electron chi connectivity index (χ3n) is 2.98. The van der Waals surface area contributed by atoms with E-state index in [0.29, 0.717) is 0 Å². The number of aryl methyl sites for hydroxylation is 1. The van der Waals surface area contributed by atoms with Gasteiger partial charge in [0.05, 0.1) is 0 Å². The quantitative estimate of drug-likeness (QED) is 0.707. The van der Waals surface area contributed by atoms with Crippen LogP contribution in [0.5, 0.6) is 0 Å². The Bertz CT molecular complexity index is 441. The van der Waals surface area contributed by atoms with Crippen LogP contribution in [0, 0.1) is 0 Å². The zero-order valence-electron chi connectivity index (χ0n) is 10.4. The van der Waals surface area contributed by atoms with Crippen molar-refractivity contribution in [3.63, 3.8) is 0 Å². The first-order valence-corrected chi connectivity index (χ1v) is 6.86. The number of hydrogen-bond acceptors (Lipinski definition) is 1. The van der Waals surface area contributed by atoms with Gasteiger partial charge in [0.2, 0.25) is 0 Å². The van der Waals surface area contributed by atoms with Crippen molar-refractivity contribution in [2.75, 3.05) is 0 Å². The van der Waals surface area contributed by atoms with E-state index in [-0.39, 0.29) is 5.38 Å². The van der Waals surface area contributed by atoms with E-state index in [9.17, 15) is 0 Å². The standard InChI is InChI=1S/C16H18ClN/c17-15(13-16-11-4-5-12-18-16)10-6-9-14-7-2-1-3-8-14/h1-5,7-8,11-12,15H,6,9-10,13H2. The van der Waals surface area contributed by atoms with Crippen molar-refractivity contribution in [3.05, 3.63) is 66.0 Å². The number of rotatable bonds is 6. The lowest BCUT2D eigenvalue weighted by Crippen LogP contribution is -2.05. The Labute approximate surface area is 114 Å². The Morgan fingerprint density at radius 1 is 1.00 bits per heavy atom. The van der Waals surface area contributed by atoms with Crippen molar-refractivity contribution in [3.8, 4) is 0 Å². The molecule has 0 aliphatic carbocycles. The molecule has 94 valence electrons. The summed E-state index contributed by atoms with van der Waals surface area (Å²) in [5.41, 5.74) is 2.47. The molecule has 1 heterocycles. The molecule has 1 aromatic carbocycles. The lowest BCUT2D eigenvalue weighted by molar-refractivity contribution is 0.679. The number of nitrogens with zero attached hydrogens (tertiary/aromatic N) is 1. The van der Waals surface area contributed by atoms with E-state index in [0.717, 1.165) is 31.4 Å². The summed E-state index contributed by atoms with van der Waals surface area (Å²) in [5, 5.41) is 0.184. The van der Waals surface area contributed by atoms with E-state index < -0.39 is 0 Å². The number of benzene rings is 1. The zero-order valence-corrected chi connectivity index (χ0v) is 11.2. The summed E-state index contributed by atoms with van der Waals surface area (Å²) >= 11 is 6.34. The van der Waals surface area contributed by atoms with Crippen LogP contribution in [-0.2, 0) is 12.8 Å². The zero-order chi connectivity index (χ0) is 12.6. The highest BCUT2D eigenvalue weighted by Gasteiger charge is 2.06. The maximum atomic E-state index is 6.34. The molecule has 2 rings (SSSR count).